The van der Waals surface area contributed by atoms with E-state index in [1.54, 1.807) is 32.2 Å². The Morgan fingerprint density at radius 1 is 1.17 bits per heavy atom. The predicted molar refractivity (Wildman–Crippen MR) is 110 cm³/mol. The van der Waals surface area contributed by atoms with Gasteiger partial charge in [-0.15, -0.1) is 0 Å². The van der Waals surface area contributed by atoms with Crippen molar-refractivity contribution in [3.05, 3.63) is 46.9 Å². The van der Waals surface area contributed by atoms with E-state index in [4.69, 9.17) is 18.7 Å². The van der Waals surface area contributed by atoms with Gasteiger partial charge in [-0.1, -0.05) is 11.2 Å². The summed E-state index contributed by atoms with van der Waals surface area (Å²) in [7, 11) is 1.55. The summed E-state index contributed by atoms with van der Waals surface area (Å²) in [5.41, 5.74) is 2.46. The van der Waals surface area contributed by atoms with Crippen LogP contribution < -0.4 is 20.1 Å². The van der Waals surface area contributed by atoms with Crippen molar-refractivity contribution in [2.24, 2.45) is 0 Å². The zero-order chi connectivity index (χ0) is 21.9. The number of hydrogen-bond acceptors (Lipinski definition) is 7. The highest BCUT2D eigenvalue weighted by Gasteiger charge is 2.12. The lowest BCUT2D eigenvalue weighted by molar-refractivity contribution is -0.116. The molecule has 0 bridgehead atoms. The summed E-state index contributed by atoms with van der Waals surface area (Å²) < 4.78 is 21.1. The van der Waals surface area contributed by atoms with E-state index in [1.807, 2.05) is 19.9 Å². The first-order chi connectivity index (χ1) is 14.4. The molecule has 1 heterocycles. The molecule has 2 N–H and O–H groups in total. The maximum Gasteiger partial charge on any atom is 0.407 e. The number of rotatable bonds is 10. The van der Waals surface area contributed by atoms with Crippen LogP contribution in [0.2, 0.25) is 0 Å². The van der Waals surface area contributed by atoms with E-state index in [0.29, 0.717) is 31.3 Å². The Hall–Kier alpha value is -3.49. The summed E-state index contributed by atoms with van der Waals surface area (Å²) in [4.78, 5) is 23.0. The monoisotopic (exact) mass is 417 g/mol. The van der Waals surface area contributed by atoms with Crippen molar-refractivity contribution in [2.75, 3.05) is 26.8 Å². The topological polar surface area (TPSA) is 112 Å². The van der Waals surface area contributed by atoms with Gasteiger partial charge in [0, 0.05) is 19.2 Å². The number of ether oxygens (including phenoxy) is 3. The second-order valence-corrected chi connectivity index (χ2v) is 6.27. The number of hydrogen-bond donors (Lipinski definition) is 2. The number of benzene rings is 1. The van der Waals surface area contributed by atoms with E-state index >= 15 is 0 Å². The third-order valence-electron chi connectivity index (χ3n) is 4.14. The van der Waals surface area contributed by atoms with Crippen molar-refractivity contribution in [1.82, 2.24) is 15.8 Å². The third kappa shape index (κ3) is 6.84. The molecule has 9 heteroatoms. The summed E-state index contributed by atoms with van der Waals surface area (Å²) in [5, 5.41) is 9.10. The molecule has 0 atom stereocenters. The number of nitrogens with one attached hydrogen (secondary N) is 2. The molecule has 0 radical (unpaired) electrons. The second kappa shape index (κ2) is 11.5. The quantitative estimate of drug-likeness (QED) is 0.451. The number of alkyl carbamates (subject to hydrolysis) is 1. The Morgan fingerprint density at radius 3 is 2.60 bits per heavy atom. The van der Waals surface area contributed by atoms with Crippen LogP contribution in [-0.4, -0.2) is 44.0 Å². The minimum atomic E-state index is -0.508. The number of aryl methyl sites for hydroxylation is 2. The highest BCUT2D eigenvalue weighted by molar-refractivity contribution is 5.91. The van der Waals surface area contributed by atoms with Crippen LogP contribution in [0.15, 0.2) is 28.8 Å². The predicted octanol–water partition coefficient (Wildman–Crippen LogP) is 2.75. The van der Waals surface area contributed by atoms with Gasteiger partial charge >= 0.3 is 6.09 Å². The Morgan fingerprint density at radius 2 is 1.93 bits per heavy atom. The molecule has 1 aromatic carbocycles. The van der Waals surface area contributed by atoms with Gasteiger partial charge in [-0.2, -0.15) is 0 Å². The summed E-state index contributed by atoms with van der Waals surface area (Å²) >= 11 is 0. The molecule has 0 saturated heterocycles. The molecule has 0 saturated carbocycles. The fraction of sp³-hybridized carbons (Fsp3) is 0.381. The lowest BCUT2D eigenvalue weighted by Gasteiger charge is -2.11. The van der Waals surface area contributed by atoms with Gasteiger partial charge in [-0.05, 0) is 44.5 Å². The van der Waals surface area contributed by atoms with Crippen LogP contribution in [0.4, 0.5) is 4.79 Å². The van der Waals surface area contributed by atoms with Crippen LogP contribution >= 0.6 is 0 Å². The first-order valence-corrected chi connectivity index (χ1v) is 9.53. The molecule has 2 amide bonds. The van der Waals surface area contributed by atoms with Crippen LogP contribution in [0, 0.1) is 13.8 Å². The molecule has 0 fully saturated rings. The first-order valence-electron chi connectivity index (χ1n) is 9.53. The van der Waals surface area contributed by atoms with Crippen LogP contribution in [0.5, 0.6) is 11.5 Å². The van der Waals surface area contributed by atoms with Gasteiger partial charge < -0.3 is 29.4 Å². The maximum atomic E-state index is 11.9. The Labute approximate surface area is 175 Å². The van der Waals surface area contributed by atoms with Crippen molar-refractivity contribution < 1.29 is 28.3 Å². The van der Waals surface area contributed by atoms with Crippen LogP contribution in [-0.2, 0) is 16.1 Å². The molecule has 0 aliphatic rings. The average Bonchev–Trinajstić information content (AvgIpc) is 3.06. The second-order valence-electron chi connectivity index (χ2n) is 6.27. The normalized spacial score (nSPS) is 10.7. The van der Waals surface area contributed by atoms with Gasteiger partial charge in [0.05, 0.1) is 25.0 Å². The molecule has 2 aromatic rings. The van der Waals surface area contributed by atoms with E-state index in [2.05, 4.69) is 15.8 Å². The summed E-state index contributed by atoms with van der Waals surface area (Å²) in [6.45, 7) is 6.60. The van der Waals surface area contributed by atoms with E-state index in [0.717, 1.165) is 22.6 Å². The molecule has 1 aromatic heterocycles. The molecule has 0 unspecified atom stereocenters. The summed E-state index contributed by atoms with van der Waals surface area (Å²) in [5.74, 6) is 1.56. The molecule has 0 aliphatic carbocycles. The van der Waals surface area contributed by atoms with Crippen molar-refractivity contribution in [3.8, 4) is 11.5 Å². The van der Waals surface area contributed by atoms with Gasteiger partial charge in [-0.3, -0.25) is 4.79 Å². The zero-order valence-corrected chi connectivity index (χ0v) is 17.6. The minimum Gasteiger partial charge on any atom is -0.493 e. The van der Waals surface area contributed by atoms with Crippen molar-refractivity contribution in [2.45, 2.75) is 27.4 Å². The molecule has 9 nitrogen and oxygen atoms in total. The van der Waals surface area contributed by atoms with E-state index in [-0.39, 0.29) is 12.5 Å². The largest absolute Gasteiger partial charge is 0.493 e. The fourth-order valence-electron chi connectivity index (χ4n) is 2.53. The smallest absolute Gasteiger partial charge is 0.407 e. The van der Waals surface area contributed by atoms with Crippen LogP contribution in [0.25, 0.3) is 6.08 Å². The Balaban J connectivity index is 1.87. The summed E-state index contributed by atoms with van der Waals surface area (Å²) in [6, 6.07) is 5.36. The SMILES string of the molecule is CCOC(=O)NCCNC(=O)/C=C/c1ccc(OCc2c(C)noc2C)c(OC)c1. The minimum absolute atomic E-state index is 0.279. The molecule has 2 rings (SSSR count). The lowest BCUT2D eigenvalue weighted by Crippen LogP contribution is -2.34. The van der Waals surface area contributed by atoms with Gasteiger partial charge in [-0.25, -0.2) is 4.79 Å². The number of aromatic nitrogens is 1. The van der Waals surface area contributed by atoms with Gasteiger partial charge in [0.15, 0.2) is 11.5 Å². The standard InChI is InChI=1S/C21H27N3O6/c1-5-28-21(26)23-11-10-22-20(25)9-7-16-6-8-18(19(12-16)27-4)29-13-17-14(2)24-30-15(17)3/h6-9,12H,5,10-11,13H2,1-4H3,(H,22,25)(H,23,26)/b9-7+. The maximum absolute atomic E-state index is 11.9. The Bertz CT molecular complexity index is 871. The van der Waals surface area contributed by atoms with Crippen LogP contribution in [0.3, 0.4) is 0 Å². The van der Waals surface area contributed by atoms with Crippen molar-refractivity contribution in [1.29, 1.82) is 0 Å². The van der Waals surface area contributed by atoms with Crippen LogP contribution in [0.1, 0.15) is 29.5 Å². The molecule has 162 valence electrons. The third-order valence-corrected chi connectivity index (χ3v) is 4.14. The highest BCUT2D eigenvalue weighted by Crippen LogP contribution is 2.30. The van der Waals surface area contributed by atoms with Gasteiger partial charge in [0.2, 0.25) is 5.91 Å². The Kier molecular flexibility index (Phi) is 8.74. The number of amides is 2. The molecular formula is C21H27N3O6. The first kappa shape index (κ1) is 22.8. The molecule has 0 spiro atoms. The number of methoxy groups -OCH3 is 1. The van der Waals surface area contributed by atoms with Gasteiger partial charge in [0.25, 0.3) is 0 Å². The van der Waals surface area contributed by atoms with E-state index in [1.165, 1.54) is 6.08 Å². The molecule has 30 heavy (non-hydrogen) atoms. The van der Waals surface area contributed by atoms with Gasteiger partial charge in [0.1, 0.15) is 12.4 Å². The molecular weight excluding hydrogens is 390 g/mol. The summed E-state index contributed by atoms with van der Waals surface area (Å²) in [6.07, 6.45) is 2.56. The van der Waals surface area contributed by atoms with E-state index in [9.17, 15) is 9.59 Å². The van der Waals surface area contributed by atoms with E-state index < -0.39 is 6.09 Å². The average molecular weight is 417 g/mol. The fourth-order valence-corrected chi connectivity index (χ4v) is 2.53. The number of nitrogens with zero attached hydrogens (tertiary/aromatic N) is 1. The molecule has 0 aliphatic heterocycles. The lowest BCUT2D eigenvalue weighted by atomic mass is 10.2. The van der Waals surface area contributed by atoms with Crippen molar-refractivity contribution in [3.63, 3.8) is 0 Å². The van der Waals surface area contributed by atoms with Crippen molar-refractivity contribution >= 4 is 18.1 Å². The zero-order valence-electron chi connectivity index (χ0n) is 17.6. The number of carbonyl (C=O) groups is 2. The number of carbonyl (C=O) groups excluding carboxylic acids is 2. The highest BCUT2D eigenvalue weighted by atomic mass is 16.5.